The molecule has 3 aromatic rings. The molecule has 0 bridgehead atoms. The number of ether oxygens (including phenoxy) is 1. The Bertz CT molecular complexity index is 861. The molecule has 3 aromatic carbocycles. The molecule has 0 aliphatic heterocycles. The van der Waals surface area contributed by atoms with Crippen LogP contribution in [0.5, 0.6) is 5.75 Å². The van der Waals surface area contributed by atoms with Gasteiger partial charge in [-0.15, -0.1) is 0 Å². The highest BCUT2D eigenvalue weighted by Crippen LogP contribution is 2.23. The van der Waals surface area contributed by atoms with Crippen molar-refractivity contribution in [2.75, 3.05) is 5.32 Å². The second-order valence-corrected chi connectivity index (χ2v) is 6.07. The highest BCUT2D eigenvalue weighted by atomic mass is 35.5. The number of halogens is 1. The minimum atomic E-state index is -0.166. The summed E-state index contributed by atoms with van der Waals surface area (Å²) in [5.74, 6) is 0.654. The molecular formula is C21H18ClNO2. The van der Waals surface area contributed by atoms with Crippen LogP contribution in [-0.4, -0.2) is 5.91 Å². The topological polar surface area (TPSA) is 38.3 Å². The number of carbonyl (C=O) groups excluding carboxylic acids is 1. The second kappa shape index (κ2) is 7.86. The number of carbonyl (C=O) groups is 1. The monoisotopic (exact) mass is 351 g/mol. The molecule has 0 aromatic heterocycles. The Hall–Kier alpha value is -2.78. The lowest BCUT2D eigenvalue weighted by molar-refractivity contribution is 0.102. The normalized spacial score (nSPS) is 10.3. The molecule has 4 heteroatoms. The van der Waals surface area contributed by atoms with E-state index in [4.69, 9.17) is 16.3 Å². The Labute approximate surface area is 152 Å². The molecular weight excluding hydrogens is 334 g/mol. The molecule has 0 saturated heterocycles. The first-order valence-electron chi connectivity index (χ1n) is 7.97. The van der Waals surface area contributed by atoms with Crippen LogP contribution in [0, 0.1) is 6.92 Å². The minimum Gasteiger partial charge on any atom is -0.489 e. The van der Waals surface area contributed by atoms with Gasteiger partial charge in [0.05, 0.1) is 0 Å². The smallest absolute Gasteiger partial charge is 0.255 e. The summed E-state index contributed by atoms with van der Waals surface area (Å²) in [6.45, 7) is 2.33. The maximum absolute atomic E-state index is 12.4. The summed E-state index contributed by atoms with van der Waals surface area (Å²) in [7, 11) is 0. The molecule has 0 unspecified atom stereocenters. The maximum Gasteiger partial charge on any atom is 0.255 e. The van der Waals surface area contributed by atoms with E-state index in [1.165, 1.54) is 0 Å². The van der Waals surface area contributed by atoms with Crippen molar-refractivity contribution < 1.29 is 9.53 Å². The van der Waals surface area contributed by atoms with Gasteiger partial charge in [-0.1, -0.05) is 48.0 Å². The van der Waals surface area contributed by atoms with Crippen molar-refractivity contribution in [1.29, 1.82) is 0 Å². The molecule has 0 spiro atoms. The van der Waals surface area contributed by atoms with E-state index < -0.39 is 0 Å². The van der Waals surface area contributed by atoms with Crippen LogP contribution in [0.4, 0.5) is 5.69 Å². The van der Waals surface area contributed by atoms with Crippen molar-refractivity contribution in [2.45, 2.75) is 13.5 Å². The summed E-state index contributed by atoms with van der Waals surface area (Å²) < 4.78 is 5.70. The zero-order chi connectivity index (χ0) is 17.6. The lowest BCUT2D eigenvalue weighted by atomic mass is 10.1. The van der Waals surface area contributed by atoms with Gasteiger partial charge in [-0.25, -0.2) is 0 Å². The van der Waals surface area contributed by atoms with E-state index in [2.05, 4.69) is 5.32 Å². The molecule has 1 N–H and O–H groups in total. The van der Waals surface area contributed by atoms with Crippen LogP contribution in [0.2, 0.25) is 5.02 Å². The molecule has 0 radical (unpaired) electrons. The van der Waals surface area contributed by atoms with Gasteiger partial charge in [0.25, 0.3) is 5.91 Å². The Balaban J connectivity index is 1.63. The summed E-state index contributed by atoms with van der Waals surface area (Å²) in [5, 5.41) is 3.52. The summed E-state index contributed by atoms with van der Waals surface area (Å²) in [6.07, 6.45) is 0. The molecule has 126 valence electrons. The molecule has 1 amide bonds. The van der Waals surface area contributed by atoms with E-state index in [0.717, 1.165) is 16.9 Å². The maximum atomic E-state index is 12.4. The van der Waals surface area contributed by atoms with Gasteiger partial charge < -0.3 is 10.1 Å². The number of para-hydroxylation sites is 1. The molecule has 0 aliphatic carbocycles. The number of hydrogen-bond donors (Lipinski definition) is 1. The van der Waals surface area contributed by atoms with E-state index in [0.29, 0.717) is 22.9 Å². The molecule has 0 heterocycles. The van der Waals surface area contributed by atoms with Crippen LogP contribution in [-0.2, 0) is 6.61 Å². The van der Waals surface area contributed by atoms with Gasteiger partial charge >= 0.3 is 0 Å². The number of nitrogens with one attached hydrogen (secondary N) is 1. The molecule has 3 rings (SSSR count). The molecule has 0 fully saturated rings. The number of benzene rings is 3. The van der Waals surface area contributed by atoms with Crippen LogP contribution in [0.1, 0.15) is 21.5 Å². The fourth-order valence-electron chi connectivity index (χ4n) is 2.37. The Morgan fingerprint density at radius 3 is 2.40 bits per heavy atom. The minimum absolute atomic E-state index is 0.166. The third-order valence-corrected chi connectivity index (χ3v) is 4.29. The Morgan fingerprint density at radius 1 is 0.960 bits per heavy atom. The molecule has 0 atom stereocenters. The third kappa shape index (κ3) is 4.40. The van der Waals surface area contributed by atoms with Gasteiger partial charge in [0, 0.05) is 16.3 Å². The zero-order valence-corrected chi connectivity index (χ0v) is 14.6. The van der Waals surface area contributed by atoms with Gasteiger partial charge in [0.1, 0.15) is 12.4 Å². The average molecular weight is 352 g/mol. The van der Waals surface area contributed by atoms with E-state index in [9.17, 15) is 4.79 Å². The van der Waals surface area contributed by atoms with Gasteiger partial charge in [0.2, 0.25) is 0 Å². The highest BCUT2D eigenvalue weighted by molar-refractivity contribution is 6.31. The van der Waals surface area contributed by atoms with Crippen LogP contribution < -0.4 is 10.1 Å². The highest BCUT2D eigenvalue weighted by Gasteiger charge is 2.09. The van der Waals surface area contributed by atoms with Gasteiger partial charge in [-0.2, -0.15) is 0 Å². The first-order chi connectivity index (χ1) is 12.1. The zero-order valence-electron chi connectivity index (χ0n) is 13.8. The predicted molar refractivity (Wildman–Crippen MR) is 101 cm³/mol. The Kier molecular flexibility index (Phi) is 5.36. The fraction of sp³-hybridized carbons (Fsp3) is 0.0952. The van der Waals surface area contributed by atoms with Crippen molar-refractivity contribution in [3.63, 3.8) is 0 Å². The van der Waals surface area contributed by atoms with Gasteiger partial charge in [-0.3, -0.25) is 4.79 Å². The van der Waals surface area contributed by atoms with Crippen molar-refractivity contribution in [2.24, 2.45) is 0 Å². The third-order valence-electron chi connectivity index (χ3n) is 3.88. The van der Waals surface area contributed by atoms with E-state index in [1.807, 2.05) is 61.5 Å². The number of rotatable bonds is 5. The lowest BCUT2D eigenvalue weighted by Gasteiger charge is -2.10. The van der Waals surface area contributed by atoms with Crippen LogP contribution in [0.3, 0.4) is 0 Å². The van der Waals surface area contributed by atoms with Crippen molar-refractivity contribution >= 4 is 23.2 Å². The Morgan fingerprint density at radius 2 is 1.68 bits per heavy atom. The summed E-state index contributed by atoms with van der Waals surface area (Å²) >= 11 is 6.08. The van der Waals surface area contributed by atoms with Gasteiger partial charge in [0.15, 0.2) is 0 Å². The number of hydrogen-bond acceptors (Lipinski definition) is 2. The molecule has 25 heavy (non-hydrogen) atoms. The van der Waals surface area contributed by atoms with Crippen molar-refractivity contribution in [3.05, 3.63) is 94.5 Å². The largest absolute Gasteiger partial charge is 0.489 e. The molecule has 0 aliphatic rings. The van der Waals surface area contributed by atoms with Crippen LogP contribution in [0.25, 0.3) is 0 Å². The molecule has 3 nitrogen and oxygen atoms in total. The standard InChI is InChI=1S/C21H18ClNO2/c1-15-19(22)8-5-9-20(15)23-21(24)17-12-10-16(11-13-17)14-25-18-6-3-2-4-7-18/h2-13H,14H2,1H3,(H,23,24). The van der Waals surface area contributed by atoms with E-state index >= 15 is 0 Å². The summed E-state index contributed by atoms with van der Waals surface area (Å²) in [6, 6.07) is 22.4. The first-order valence-corrected chi connectivity index (χ1v) is 8.34. The second-order valence-electron chi connectivity index (χ2n) is 5.67. The predicted octanol–water partition coefficient (Wildman–Crippen LogP) is 5.48. The number of amides is 1. The number of anilines is 1. The van der Waals surface area contributed by atoms with Crippen LogP contribution in [0.15, 0.2) is 72.8 Å². The summed E-state index contributed by atoms with van der Waals surface area (Å²) in [4.78, 5) is 12.4. The van der Waals surface area contributed by atoms with E-state index in [1.54, 1.807) is 18.2 Å². The van der Waals surface area contributed by atoms with Crippen molar-refractivity contribution in [3.8, 4) is 5.75 Å². The quantitative estimate of drug-likeness (QED) is 0.661. The van der Waals surface area contributed by atoms with Gasteiger partial charge in [-0.05, 0) is 54.4 Å². The fourth-order valence-corrected chi connectivity index (χ4v) is 2.55. The summed E-state index contributed by atoms with van der Waals surface area (Å²) in [5.41, 5.74) is 3.15. The SMILES string of the molecule is Cc1c(Cl)cccc1NC(=O)c1ccc(COc2ccccc2)cc1. The van der Waals surface area contributed by atoms with Crippen molar-refractivity contribution in [1.82, 2.24) is 0 Å². The first kappa shape index (κ1) is 17.1. The van der Waals surface area contributed by atoms with Crippen LogP contribution >= 0.6 is 11.6 Å². The average Bonchev–Trinajstić information content (AvgIpc) is 2.65. The lowest BCUT2D eigenvalue weighted by Crippen LogP contribution is -2.13. The molecule has 0 saturated carbocycles. The van der Waals surface area contributed by atoms with E-state index in [-0.39, 0.29) is 5.91 Å².